The van der Waals surface area contributed by atoms with Crippen molar-refractivity contribution >= 4 is 40.4 Å². The van der Waals surface area contributed by atoms with Crippen molar-refractivity contribution in [2.75, 3.05) is 10.2 Å². The van der Waals surface area contributed by atoms with Gasteiger partial charge in [0.05, 0.1) is 17.4 Å². The van der Waals surface area contributed by atoms with Gasteiger partial charge in [0.1, 0.15) is 11.4 Å². The van der Waals surface area contributed by atoms with Crippen LogP contribution in [0.5, 0.6) is 5.75 Å². The third-order valence-electron chi connectivity index (χ3n) is 5.18. The van der Waals surface area contributed by atoms with Crippen molar-refractivity contribution in [2.24, 2.45) is 0 Å². The lowest BCUT2D eigenvalue weighted by atomic mass is 10.0. The summed E-state index contributed by atoms with van der Waals surface area (Å²) in [5.41, 5.74) is 4.31. The van der Waals surface area contributed by atoms with Crippen molar-refractivity contribution in [3.8, 4) is 5.75 Å². The van der Waals surface area contributed by atoms with Gasteiger partial charge in [-0.3, -0.25) is 9.59 Å². The maximum Gasteiger partial charge on any atom is 0.282 e. The van der Waals surface area contributed by atoms with E-state index in [4.69, 9.17) is 16.3 Å². The monoisotopic (exact) mass is 460 g/mol. The Bertz CT molecular complexity index is 1230. The first-order valence-electron chi connectivity index (χ1n) is 10.7. The summed E-state index contributed by atoms with van der Waals surface area (Å²) in [6, 6.07) is 19.9. The van der Waals surface area contributed by atoms with Gasteiger partial charge < -0.3 is 10.1 Å². The molecule has 0 unspecified atom stereocenters. The summed E-state index contributed by atoms with van der Waals surface area (Å²) in [5, 5.41) is 3.73. The maximum absolute atomic E-state index is 13.6. The fourth-order valence-corrected chi connectivity index (χ4v) is 4.00. The molecule has 1 N–H and O–H groups in total. The third-order valence-corrected chi connectivity index (χ3v) is 5.43. The van der Waals surface area contributed by atoms with E-state index < -0.39 is 5.91 Å². The second-order valence-corrected chi connectivity index (χ2v) is 8.80. The van der Waals surface area contributed by atoms with Crippen LogP contribution in [-0.2, 0) is 9.59 Å². The number of ether oxygens (including phenoxy) is 1. The molecule has 1 aliphatic heterocycles. The van der Waals surface area contributed by atoms with E-state index in [1.807, 2.05) is 70.2 Å². The molecule has 168 valence electrons. The van der Waals surface area contributed by atoms with E-state index >= 15 is 0 Å². The average Bonchev–Trinajstić information content (AvgIpc) is 2.98. The number of imide groups is 1. The minimum atomic E-state index is -0.405. The van der Waals surface area contributed by atoms with E-state index in [2.05, 4.69) is 5.32 Å². The number of nitrogens with zero attached hydrogens (tertiary/aromatic N) is 1. The van der Waals surface area contributed by atoms with Crippen LogP contribution in [0.2, 0.25) is 5.02 Å². The van der Waals surface area contributed by atoms with Gasteiger partial charge in [0, 0.05) is 10.7 Å². The smallest absolute Gasteiger partial charge is 0.282 e. The van der Waals surface area contributed by atoms with Gasteiger partial charge in [-0.1, -0.05) is 29.8 Å². The van der Waals surface area contributed by atoms with Crippen LogP contribution in [0.15, 0.2) is 72.4 Å². The standard InChI is InChI=1S/C27H25ClN2O3/c1-16(2)33-23-11-9-21(10-12-23)29-25-24(19-5-7-20(28)8-6-19)26(31)30(27(25)32)22-14-17(3)13-18(4)15-22/h5-16,29H,1-4H3. The van der Waals surface area contributed by atoms with Crippen LogP contribution in [-0.4, -0.2) is 17.9 Å². The second-order valence-electron chi connectivity index (χ2n) is 8.36. The van der Waals surface area contributed by atoms with Crippen LogP contribution in [0.4, 0.5) is 11.4 Å². The number of hydrogen-bond acceptors (Lipinski definition) is 4. The lowest BCUT2D eigenvalue weighted by Gasteiger charge is -2.17. The summed E-state index contributed by atoms with van der Waals surface area (Å²) in [7, 11) is 0. The largest absolute Gasteiger partial charge is 0.491 e. The minimum Gasteiger partial charge on any atom is -0.491 e. The molecule has 0 atom stereocenters. The van der Waals surface area contributed by atoms with Gasteiger partial charge in [-0.2, -0.15) is 0 Å². The van der Waals surface area contributed by atoms with E-state index in [0.29, 0.717) is 27.5 Å². The first-order valence-corrected chi connectivity index (χ1v) is 11.1. The predicted octanol–water partition coefficient (Wildman–Crippen LogP) is 6.14. The molecule has 6 heteroatoms. The summed E-state index contributed by atoms with van der Waals surface area (Å²) in [4.78, 5) is 28.3. The third kappa shape index (κ3) is 4.78. The van der Waals surface area contributed by atoms with Gasteiger partial charge in [0.2, 0.25) is 0 Å². The number of carbonyl (C=O) groups excluding carboxylic acids is 2. The average molecular weight is 461 g/mol. The van der Waals surface area contributed by atoms with E-state index in [-0.39, 0.29) is 17.7 Å². The summed E-state index contributed by atoms with van der Waals surface area (Å²) in [6.07, 6.45) is 0.0587. The van der Waals surface area contributed by atoms with Crippen molar-refractivity contribution in [3.63, 3.8) is 0 Å². The van der Waals surface area contributed by atoms with Crippen molar-refractivity contribution < 1.29 is 14.3 Å². The fourth-order valence-electron chi connectivity index (χ4n) is 3.88. The van der Waals surface area contributed by atoms with E-state index in [9.17, 15) is 9.59 Å². The number of halogens is 1. The Hall–Kier alpha value is -3.57. The van der Waals surface area contributed by atoms with Crippen molar-refractivity contribution in [1.29, 1.82) is 0 Å². The fraction of sp³-hybridized carbons (Fsp3) is 0.185. The van der Waals surface area contributed by atoms with Gasteiger partial charge in [-0.15, -0.1) is 0 Å². The Labute approximate surface area is 198 Å². The van der Waals surface area contributed by atoms with E-state index in [1.165, 1.54) is 4.90 Å². The molecule has 1 heterocycles. The van der Waals surface area contributed by atoms with Gasteiger partial charge in [-0.05, 0) is 92.9 Å². The number of carbonyl (C=O) groups is 2. The van der Waals surface area contributed by atoms with Crippen LogP contribution in [0.1, 0.15) is 30.5 Å². The van der Waals surface area contributed by atoms with Crippen molar-refractivity contribution in [1.82, 2.24) is 0 Å². The Kier molecular flexibility index (Phi) is 6.25. The molecular weight excluding hydrogens is 436 g/mol. The lowest BCUT2D eigenvalue weighted by Crippen LogP contribution is -2.32. The molecular formula is C27H25ClN2O3. The number of rotatable bonds is 6. The van der Waals surface area contributed by atoms with E-state index in [0.717, 1.165) is 16.9 Å². The van der Waals surface area contributed by atoms with Crippen LogP contribution in [0, 0.1) is 13.8 Å². The molecule has 3 aromatic rings. The number of nitrogens with one attached hydrogen (secondary N) is 1. The SMILES string of the molecule is Cc1cc(C)cc(N2C(=O)C(Nc3ccc(OC(C)C)cc3)=C(c3ccc(Cl)cc3)C2=O)c1. The molecule has 0 saturated carbocycles. The number of hydrogen-bond donors (Lipinski definition) is 1. The Morgan fingerprint density at radius 3 is 2.03 bits per heavy atom. The molecule has 4 rings (SSSR count). The summed E-state index contributed by atoms with van der Waals surface area (Å²) >= 11 is 6.05. The molecule has 0 radical (unpaired) electrons. The normalized spacial score (nSPS) is 13.8. The van der Waals surface area contributed by atoms with Gasteiger partial charge in [0.15, 0.2) is 0 Å². The lowest BCUT2D eigenvalue weighted by molar-refractivity contribution is -0.120. The molecule has 0 aliphatic carbocycles. The number of amides is 2. The molecule has 0 aromatic heterocycles. The number of aryl methyl sites for hydroxylation is 2. The molecule has 0 bridgehead atoms. The van der Waals surface area contributed by atoms with Crippen molar-refractivity contribution in [3.05, 3.63) is 94.1 Å². The van der Waals surface area contributed by atoms with Gasteiger partial charge in [-0.25, -0.2) is 4.90 Å². The molecule has 5 nitrogen and oxygen atoms in total. The molecule has 3 aromatic carbocycles. The first-order chi connectivity index (χ1) is 15.7. The number of anilines is 2. The first kappa shape index (κ1) is 22.6. The van der Waals surface area contributed by atoms with Crippen molar-refractivity contribution in [2.45, 2.75) is 33.8 Å². The van der Waals surface area contributed by atoms with Gasteiger partial charge in [0.25, 0.3) is 11.8 Å². The zero-order valence-electron chi connectivity index (χ0n) is 19.0. The highest BCUT2D eigenvalue weighted by Gasteiger charge is 2.40. The highest BCUT2D eigenvalue weighted by Crippen LogP contribution is 2.35. The summed E-state index contributed by atoms with van der Waals surface area (Å²) < 4.78 is 5.69. The quantitative estimate of drug-likeness (QED) is 0.449. The molecule has 0 fully saturated rings. The van der Waals surface area contributed by atoms with Crippen LogP contribution < -0.4 is 15.0 Å². The number of benzene rings is 3. The minimum absolute atomic E-state index is 0.0587. The van der Waals surface area contributed by atoms with E-state index in [1.54, 1.807) is 24.3 Å². The molecule has 0 spiro atoms. The molecule has 1 aliphatic rings. The highest BCUT2D eigenvalue weighted by molar-refractivity contribution is 6.46. The maximum atomic E-state index is 13.6. The Morgan fingerprint density at radius 2 is 1.45 bits per heavy atom. The van der Waals surface area contributed by atoms with Gasteiger partial charge >= 0.3 is 0 Å². The van der Waals surface area contributed by atoms with Crippen LogP contribution >= 0.6 is 11.6 Å². The Morgan fingerprint density at radius 1 is 0.848 bits per heavy atom. The highest BCUT2D eigenvalue weighted by atomic mass is 35.5. The topological polar surface area (TPSA) is 58.6 Å². The molecule has 2 amide bonds. The second kappa shape index (κ2) is 9.12. The Balaban J connectivity index is 1.76. The van der Waals surface area contributed by atoms with Crippen LogP contribution in [0.25, 0.3) is 5.57 Å². The summed E-state index contributed by atoms with van der Waals surface area (Å²) in [5.74, 6) is -0.0554. The zero-order chi connectivity index (χ0) is 23.7. The zero-order valence-corrected chi connectivity index (χ0v) is 19.7. The van der Waals surface area contributed by atoms with Crippen LogP contribution in [0.3, 0.4) is 0 Å². The predicted molar refractivity (Wildman–Crippen MR) is 133 cm³/mol. The molecule has 0 saturated heterocycles. The molecule has 33 heavy (non-hydrogen) atoms. The summed E-state index contributed by atoms with van der Waals surface area (Å²) in [6.45, 7) is 7.80.